The molecular formula is C22H25ClN2O5S. The number of halogens is 1. The lowest BCUT2D eigenvalue weighted by molar-refractivity contribution is -0.256. The summed E-state index contributed by atoms with van der Waals surface area (Å²) in [6.07, 6.45) is 2.21. The van der Waals surface area contributed by atoms with Gasteiger partial charge in [-0.3, -0.25) is 4.90 Å². The fraction of sp³-hybridized carbons (Fsp3) is 0.500. The van der Waals surface area contributed by atoms with E-state index >= 15 is 0 Å². The quantitative estimate of drug-likeness (QED) is 0.724. The molecule has 4 aliphatic heterocycles. The van der Waals surface area contributed by atoms with E-state index in [0.717, 1.165) is 30.0 Å². The van der Waals surface area contributed by atoms with Crippen molar-refractivity contribution in [3.8, 4) is 0 Å². The first-order chi connectivity index (χ1) is 14.8. The summed E-state index contributed by atoms with van der Waals surface area (Å²) in [5.74, 6) is 0.0851. The lowest BCUT2D eigenvalue weighted by Gasteiger charge is -2.46. The Morgan fingerprint density at radius 1 is 1.16 bits per heavy atom. The molecule has 0 saturated carbocycles. The molecule has 9 heteroatoms. The summed E-state index contributed by atoms with van der Waals surface area (Å²) in [6.45, 7) is 1.75. The van der Waals surface area contributed by atoms with Crippen LogP contribution in [0.5, 0.6) is 0 Å². The van der Waals surface area contributed by atoms with Gasteiger partial charge in [0.1, 0.15) is 12.5 Å². The van der Waals surface area contributed by atoms with Crippen LogP contribution in [-0.2, 0) is 14.6 Å². The van der Waals surface area contributed by atoms with E-state index < -0.39 is 15.9 Å². The van der Waals surface area contributed by atoms with Crippen LogP contribution in [0.15, 0.2) is 41.3 Å². The van der Waals surface area contributed by atoms with Crippen LogP contribution in [0.4, 0.5) is 4.79 Å². The zero-order valence-corrected chi connectivity index (χ0v) is 18.6. The summed E-state index contributed by atoms with van der Waals surface area (Å²) < 4.78 is 31.7. The molecule has 2 unspecified atom stereocenters. The Morgan fingerprint density at radius 3 is 2.61 bits per heavy atom. The van der Waals surface area contributed by atoms with Crippen molar-refractivity contribution in [3.05, 3.63) is 41.4 Å². The van der Waals surface area contributed by atoms with Crippen molar-refractivity contribution < 1.29 is 23.1 Å². The number of rotatable bonds is 5. The van der Waals surface area contributed by atoms with Gasteiger partial charge in [-0.1, -0.05) is 23.7 Å². The van der Waals surface area contributed by atoms with Crippen molar-refractivity contribution in [1.82, 2.24) is 9.80 Å². The molecule has 2 atom stereocenters. The Balaban J connectivity index is 1.19. The minimum absolute atomic E-state index is 0.00904. The Hall–Kier alpha value is -1.87. The predicted octanol–water partition coefficient (Wildman–Crippen LogP) is 3.81. The first kappa shape index (κ1) is 21.0. The van der Waals surface area contributed by atoms with Crippen LogP contribution < -0.4 is 0 Å². The maximum absolute atomic E-state index is 12.9. The maximum atomic E-state index is 12.9. The lowest BCUT2D eigenvalue weighted by atomic mass is 9.77. The summed E-state index contributed by atoms with van der Waals surface area (Å²) >= 11 is 6.01. The molecule has 2 aromatic rings. The van der Waals surface area contributed by atoms with E-state index in [-0.39, 0.29) is 23.6 Å². The molecule has 4 saturated heterocycles. The largest absolute Gasteiger partial charge is 0.465 e. The number of likely N-dealkylation sites (tertiary alicyclic amines) is 1. The number of hydrogen-bond donors (Lipinski definition) is 1. The smallest absolute Gasteiger partial charge is 0.407 e. The lowest BCUT2D eigenvalue weighted by Crippen LogP contribution is -2.56. The highest BCUT2D eigenvalue weighted by Crippen LogP contribution is 2.56. The summed E-state index contributed by atoms with van der Waals surface area (Å²) in [4.78, 5) is 15.2. The van der Waals surface area contributed by atoms with Gasteiger partial charge in [0.2, 0.25) is 0 Å². The van der Waals surface area contributed by atoms with Crippen LogP contribution in [0.1, 0.15) is 25.7 Å². The number of piperidine rings is 1. The van der Waals surface area contributed by atoms with Crippen LogP contribution in [0.3, 0.4) is 0 Å². The first-order valence-corrected chi connectivity index (χ1v) is 12.6. The van der Waals surface area contributed by atoms with Gasteiger partial charge in [0.05, 0.1) is 10.6 Å². The number of benzene rings is 2. The monoisotopic (exact) mass is 464 g/mol. The van der Waals surface area contributed by atoms with Gasteiger partial charge < -0.3 is 14.7 Å². The van der Waals surface area contributed by atoms with Gasteiger partial charge >= 0.3 is 6.09 Å². The summed E-state index contributed by atoms with van der Waals surface area (Å²) in [5.41, 5.74) is 0.00904. The minimum Gasteiger partial charge on any atom is -0.465 e. The summed E-state index contributed by atoms with van der Waals surface area (Å²) in [6, 6.07) is 10.6. The fourth-order valence-corrected chi connectivity index (χ4v) is 6.81. The number of ether oxygens (including phenoxy) is 1. The van der Waals surface area contributed by atoms with Crippen molar-refractivity contribution in [1.29, 1.82) is 0 Å². The first-order valence-electron chi connectivity index (χ1n) is 10.6. The van der Waals surface area contributed by atoms with Crippen LogP contribution in [0.25, 0.3) is 10.8 Å². The molecule has 0 radical (unpaired) electrons. The number of nitrogens with zero attached hydrogens (tertiary/aromatic N) is 2. The van der Waals surface area contributed by atoms with Gasteiger partial charge in [0.15, 0.2) is 9.84 Å². The van der Waals surface area contributed by atoms with Gasteiger partial charge in [-0.15, -0.1) is 0 Å². The van der Waals surface area contributed by atoms with Crippen molar-refractivity contribution in [2.45, 2.75) is 43.0 Å². The number of sulfone groups is 1. The third kappa shape index (κ3) is 3.69. The molecule has 0 aromatic heterocycles. The highest BCUT2D eigenvalue weighted by Gasteiger charge is 2.62. The number of carbonyl (C=O) groups is 1. The Labute approximate surface area is 186 Å². The van der Waals surface area contributed by atoms with Crippen molar-refractivity contribution >= 4 is 38.3 Å². The topological polar surface area (TPSA) is 87.2 Å². The Morgan fingerprint density at radius 2 is 1.87 bits per heavy atom. The van der Waals surface area contributed by atoms with Crippen LogP contribution in [0, 0.1) is 5.41 Å². The molecular weight excluding hydrogens is 440 g/mol. The molecule has 1 amide bonds. The zero-order valence-electron chi connectivity index (χ0n) is 17.0. The fourth-order valence-electron chi connectivity index (χ4n) is 5.30. The molecule has 2 aromatic carbocycles. The average molecular weight is 465 g/mol. The molecule has 1 spiro atoms. The zero-order chi connectivity index (χ0) is 21.8. The van der Waals surface area contributed by atoms with E-state index in [0.29, 0.717) is 36.0 Å². The summed E-state index contributed by atoms with van der Waals surface area (Å²) in [5, 5.41) is 11.6. The van der Waals surface area contributed by atoms with Gasteiger partial charge in [-0.25, -0.2) is 13.2 Å². The van der Waals surface area contributed by atoms with E-state index in [9.17, 15) is 18.3 Å². The van der Waals surface area contributed by atoms with Gasteiger partial charge in [-0.05, 0) is 60.7 Å². The molecule has 4 heterocycles. The molecule has 0 aliphatic carbocycles. The average Bonchev–Trinajstić information content (AvgIpc) is 3.23. The van der Waals surface area contributed by atoms with E-state index in [4.69, 9.17) is 16.3 Å². The van der Waals surface area contributed by atoms with E-state index in [1.54, 1.807) is 24.3 Å². The molecule has 31 heavy (non-hydrogen) atoms. The summed E-state index contributed by atoms with van der Waals surface area (Å²) in [7, 11) is -3.38. The molecule has 2 bridgehead atoms. The predicted molar refractivity (Wildman–Crippen MR) is 117 cm³/mol. The second-order valence-corrected chi connectivity index (χ2v) is 11.4. The number of fused-ring (bicyclic) bond motifs is 1. The third-order valence-electron chi connectivity index (χ3n) is 7.05. The van der Waals surface area contributed by atoms with Gasteiger partial charge in [-0.2, -0.15) is 0 Å². The van der Waals surface area contributed by atoms with Crippen LogP contribution in [0.2, 0.25) is 5.02 Å². The SMILES string of the molecule is O=C(O)N1CCC2(CC1)CC1OC2N1CCCS(=O)(=O)c1ccc2cc(Cl)ccc2c1. The maximum Gasteiger partial charge on any atom is 0.407 e. The van der Waals surface area contributed by atoms with Gasteiger partial charge in [0.25, 0.3) is 0 Å². The third-order valence-corrected chi connectivity index (χ3v) is 9.09. The van der Waals surface area contributed by atoms with Crippen LogP contribution >= 0.6 is 11.6 Å². The highest BCUT2D eigenvalue weighted by molar-refractivity contribution is 7.91. The normalized spacial score (nSPS) is 25.1. The highest BCUT2D eigenvalue weighted by atomic mass is 35.5. The minimum atomic E-state index is -3.38. The van der Waals surface area contributed by atoms with Crippen molar-refractivity contribution in [3.63, 3.8) is 0 Å². The molecule has 7 nitrogen and oxygen atoms in total. The molecule has 1 N–H and O–H groups in total. The Kier molecular flexibility index (Phi) is 5.16. The molecule has 4 aliphatic rings. The van der Waals surface area contributed by atoms with E-state index in [2.05, 4.69) is 4.90 Å². The van der Waals surface area contributed by atoms with E-state index in [1.165, 1.54) is 4.90 Å². The second kappa shape index (κ2) is 7.62. The van der Waals surface area contributed by atoms with Crippen molar-refractivity contribution in [2.24, 2.45) is 5.41 Å². The molecule has 6 rings (SSSR count). The molecule has 4 fully saturated rings. The number of carboxylic acid groups (broad SMARTS) is 1. The second-order valence-electron chi connectivity index (χ2n) is 8.84. The van der Waals surface area contributed by atoms with Crippen LogP contribution in [-0.4, -0.2) is 67.3 Å². The number of hydrogen-bond acceptors (Lipinski definition) is 5. The van der Waals surface area contributed by atoms with Crippen molar-refractivity contribution in [2.75, 3.05) is 25.4 Å². The Bertz CT molecular complexity index is 1130. The van der Waals surface area contributed by atoms with E-state index in [1.807, 2.05) is 12.1 Å². The number of amides is 1. The van der Waals surface area contributed by atoms with Gasteiger partial charge in [0, 0.05) is 30.1 Å². The standard InChI is InChI=1S/C22H25ClN2O5S/c23-17-4-2-16-13-18(5-3-15(16)12-17)31(28,29)11-1-8-25-19-14-22(20(25)30-19)6-9-24(10-7-22)21(26)27/h2-5,12-13,19-20H,1,6-11,14H2,(H,26,27). The molecule has 166 valence electrons.